The van der Waals surface area contributed by atoms with Crippen LogP contribution >= 0.6 is 11.3 Å². The van der Waals surface area contributed by atoms with E-state index in [1.54, 1.807) is 24.8 Å². The molecule has 204 valence electrons. The van der Waals surface area contributed by atoms with Crippen molar-refractivity contribution in [2.24, 2.45) is 0 Å². The predicted molar refractivity (Wildman–Crippen MR) is 163 cm³/mol. The molecule has 3 heterocycles. The number of methoxy groups -OCH3 is 1. The van der Waals surface area contributed by atoms with Gasteiger partial charge in [0.1, 0.15) is 24.4 Å². The zero-order valence-corrected chi connectivity index (χ0v) is 23.7. The molecule has 0 amide bonds. The standard InChI is InChI=1S/C32H33N5O2S/c1-36-13-15-37(16-14-36)20-24-5-3-6-25(17-24)30-19-29-31(40-30)32(34-22-33-29)35-26-7-4-8-28(18-26)39-21-23-9-11-27(38-2)12-10-23/h3-12,17-19,22H,13-16,20-21H2,1-2H3,(H,33,34,35). The monoisotopic (exact) mass is 551 g/mol. The molecular weight excluding hydrogens is 518 g/mol. The van der Waals surface area contributed by atoms with Crippen molar-refractivity contribution in [3.63, 3.8) is 0 Å². The number of nitrogens with one attached hydrogen (secondary N) is 1. The number of rotatable bonds is 9. The van der Waals surface area contributed by atoms with Gasteiger partial charge >= 0.3 is 0 Å². The zero-order chi connectivity index (χ0) is 27.3. The maximum atomic E-state index is 6.05. The smallest absolute Gasteiger partial charge is 0.151 e. The molecule has 1 saturated heterocycles. The van der Waals surface area contributed by atoms with E-state index in [1.165, 1.54) is 16.0 Å². The molecule has 40 heavy (non-hydrogen) atoms. The lowest BCUT2D eigenvalue weighted by atomic mass is 10.1. The average molecular weight is 552 g/mol. The molecule has 0 unspecified atom stereocenters. The largest absolute Gasteiger partial charge is 0.497 e. The Bertz CT molecular complexity index is 1580. The van der Waals surface area contributed by atoms with Crippen molar-refractivity contribution in [2.75, 3.05) is 45.7 Å². The SMILES string of the molecule is COc1ccc(COc2cccc(Nc3ncnc4cc(-c5cccc(CN6CCN(C)CC6)c5)sc34)c2)cc1. The summed E-state index contributed by atoms with van der Waals surface area (Å²) >= 11 is 1.72. The van der Waals surface area contributed by atoms with Crippen LogP contribution in [0.4, 0.5) is 11.5 Å². The van der Waals surface area contributed by atoms with E-state index in [0.29, 0.717) is 6.61 Å². The van der Waals surface area contributed by atoms with Crippen molar-refractivity contribution in [2.45, 2.75) is 13.2 Å². The van der Waals surface area contributed by atoms with Crippen LogP contribution in [0.3, 0.4) is 0 Å². The summed E-state index contributed by atoms with van der Waals surface area (Å²) in [6.45, 7) is 5.94. The van der Waals surface area contributed by atoms with Crippen LogP contribution in [-0.4, -0.2) is 60.1 Å². The Labute approximate surface area is 239 Å². The third kappa shape index (κ3) is 6.25. The van der Waals surface area contributed by atoms with Crippen molar-refractivity contribution in [1.82, 2.24) is 19.8 Å². The topological polar surface area (TPSA) is 62.8 Å². The van der Waals surface area contributed by atoms with Crippen molar-refractivity contribution in [3.05, 3.63) is 96.3 Å². The highest BCUT2D eigenvalue weighted by molar-refractivity contribution is 7.22. The van der Waals surface area contributed by atoms with Gasteiger partial charge in [0.2, 0.25) is 0 Å². The van der Waals surface area contributed by atoms with E-state index < -0.39 is 0 Å². The van der Waals surface area contributed by atoms with E-state index in [0.717, 1.165) is 71.5 Å². The third-order valence-electron chi connectivity index (χ3n) is 7.19. The first-order valence-corrected chi connectivity index (χ1v) is 14.3. The first-order valence-electron chi connectivity index (χ1n) is 13.5. The molecule has 6 rings (SSSR count). The molecule has 0 saturated carbocycles. The van der Waals surface area contributed by atoms with E-state index in [2.05, 4.69) is 62.5 Å². The summed E-state index contributed by atoms with van der Waals surface area (Å²) in [5, 5.41) is 3.49. The predicted octanol–water partition coefficient (Wildman–Crippen LogP) is 6.44. The summed E-state index contributed by atoms with van der Waals surface area (Å²) in [4.78, 5) is 15.2. The molecular formula is C32H33N5O2S. The average Bonchev–Trinajstić information content (AvgIpc) is 3.44. The number of thiophene rings is 1. The minimum Gasteiger partial charge on any atom is -0.497 e. The van der Waals surface area contributed by atoms with Gasteiger partial charge in [0, 0.05) is 49.4 Å². The van der Waals surface area contributed by atoms with E-state index in [-0.39, 0.29) is 0 Å². The van der Waals surface area contributed by atoms with Crippen LogP contribution in [0.1, 0.15) is 11.1 Å². The van der Waals surface area contributed by atoms with Gasteiger partial charge in [-0.2, -0.15) is 0 Å². The number of ether oxygens (including phenoxy) is 2. The van der Waals surface area contributed by atoms with Crippen LogP contribution in [0.2, 0.25) is 0 Å². The molecule has 0 bridgehead atoms. The van der Waals surface area contributed by atoms with Crippen LogP contribution in [0, 0.1) is 0 Å². The number of nitrogens with zero attached hydrogens (tertiary/aromatic N) is 4. The fraction of sp³-hybridized carbons (Fsp3) is 0.250. The summed E-state index contributed by atoms with van der Waals surface area (Å²) in [6, 6.07) is 26.9. The second kappa shape index (κ2) is 12.0. The molecule has 0 aliphatic carbocycles. The molecule has 1 aliphatic heterocycles. The minimum absolute atomic E-state index is 0.480. The van der Waals surface area contributed by atoms with E-state index >= 15 is 0 Å². The van der Waals surface area contributed by atoms with Gasteiger partial charge in [-0.05, 0) is 60.1 Å². The number of hydrogen-bond donors (Lipinski definition) is 1. The van der Waals surface area contributed by atoms with Crippen LogP contribution < -0.4 is 14.8 Å². The molecule has 3 aromatic carbocycles. The van der Waals surface area contributed by atoms with Crippen LogP contribution in [-0.2, 0) is 13.2 Å². The number of hydrogen-bond acceptors (Lipinski definition) is 8. The van der Waals surface area contributed by atoms with E-state index in [1.807, 2.05) is 48.5 Å². The fourth-order valence-corrected chi connectivity index (χ4v) is 5.91. The quantitative estimate of drug-likeness (QED) is 0.226. The first-order chi connectivity index (χ1) is 19.6. The molecule has 0 radical (unpaired) electrons. The maximum Gasteiger partial charge on any atom is 0.151 e. The third-order valence-corrected chi connectivity index (χ3v) is 8.37. The number of aromatic nitrogens is 2. The number of likely N-dealkylation sites (N-methyl/N-ethyl adjacent to an activating group) is 1. The lowest BCUT2D eigenvalue weighted by Gasteiger charge is -2.32. The number of anilines is 2. The van der Waals surface area contributed by atoms with Gasteiger partial charge in [-0.15, -0.1) is 11.3 Å². The zero-order valence-electron chi connectivity index (χ0n) is 22.8. The second-order valence-corrected chi connectivity index (χ2v) is 11.2. The Morgan fingerprint density at radius 2 is 1.68 bits per heavy atom. The fourth-order valence-electron chi connectivity index (χ4n) is 4.86. The lowest BCUT2D eigenvalue weighted by Crippen LogP contribution is -2.43. The molecule has 7 nitrogen and oxygen atoms in total. The van der Waals surface area contributed by atoms with E-state index in [9.17, 15) is 0 Å². The van der Waals surface area contributed by atoms with E-state index in [4.69, 9.17) is 9.47 Å². The normalized spacial score (nSPS) is 14.3. The Morgan fingerprint density at radius 1 is 0.850 bits per heavy atom. The van der Waals surface area contributed by atoms with Crippen molar-refractivity contribution in [3.8, 4) is 21.9 Å². The molecule has 8 heteroatoms. The molecule has 1 N–H and O–H groups in total. The molecule has 5 aromatic rings. The van der Waals surface area contributed by atoms with Crippen molar-refractivity contribution < 1.29 is 9.47 Å². The highest BCUT2D eigenvalue weighted by atomic mass is 32.1. The van der Waals surface area contributed by atoms with Gasteiger partial charge in [-0.1, -0.05) is 36.4 Å². The summed E-state index contributed by atoms with van der Waals surface area (Å²) in [5.41, 5.74) is 5.49. The summed E-state index contributed by atoms with van der Waals surface area (Å²) in [6.07, 6.45) is 1.62. The van der Waals surface area contributed by atoms with Gasteiger partial charge < -0.3 is 19.7 Å². The highest BCUT2D eigenvalue weighted by Crippen LogP contribution is 2.37. The van der Waals surface area contributed by atoms with Crippen LogP contribution in [0.15, 0.2) is 85.2 Å². The van der Waals surface area contributed by atoms with Gasteiger partial charge in [0.05, 0.1) is 17.3 Å². The van der Waals surface area contributed by atoms with Gasteiger partial charge in [-0.3, -0.25) is 4.90 Å². The lowest BCUT2D eigenvalue weighted by molar-refractivity contribution is 0.148. The number of piperazine rings is 1. The molecule has 0 spiro atoms. The Balaban J connectivity index is 1.16. The molecule has 1 aliphatic rings. The summed E-state index contributed by atoms with van der Waals surface area (Å²) in [5.74, 6) is 2.42. The molecule has 0 atom stereocenters. The summed E-state index contributed by atoms with van der Waals surface area (Å²) < 4.78 is 12.3. The second-order valence-electron chi connectivity index (χ2n) is 10.1. The Kier molecular flexibility index (Phi) is 7.90. The van der Waals surface area contributed by atoms with Gasteiger partial charge in [0.15, 0.2) is 5.82 Å². The van der Waals surface area contributed by atoms with Crippen LogP contribution in [0.5, 0.6) is 11.5 Å². The highest BCUT2D eigenvalue weighted by Gasteiger charge is 2.15. The molecule has 2 aromatic heterocycles. The summed E-state index contributed by atoms with van der Waals surface area (Å²) in [7, 11) is 3.86. The van der Waals surface area contributed by atoms with Crippen LogP contribution in [0.25, 0.3) is 20.7 Å². The first kappa shape index (κ1) is 26.3. The van der Waals surface area contributed by atoms with Crippen molar-refractivity contribution >= 4 is 33.1 Å². The maximum absolute atomic E-state index is 6.05. The Hall–Kier alpha value is -3.98. The number of benzene rings is 3. The Morgan fingerprint density at radius 3 is 2.50 bits per heavy atom. The van der Waals surface area contributed by atoms with Gasteiger partial charge in [-0.25, -0.2) is 9.97 Å². The van der Waals surface area contributed by atoms with Crippen molar-refractivity contribution in [1.29, 1.82) is 0 Å². The minimum atomic E-state index is 0.480. The van der Waals surface area contributed by atoms with Gasteiger partial charge in [0.25, 0.3) is 0 Å². The number of fused-ring (bicyclic) bond motifs is 1. The molecule has 1 fully saturated rings.